The highest BCUT2D eigenvalue weighted by Gasteiger charge is 2.51. The Bertz CT molecular complexity index is 841. The van der Waals surface area contributed by atoms with Crippen LogP contribution < -0.4 is 0 Å². The van der Waals surface area contributed by atoms with Crippen molar-refractivity contribution in [1.82, 2.24) is 0 Å². The molecule has 0 amide bonds. The van der Waals surface area contributed by atoms with Crippen molar-refractivity contribution in [2.75, 3.05) is 13.2 Å². The second kappa shape index (κ2) is 9.51. The molecule has 2 aromatic rings. The number of fused-ring (bicyclic) bond motifs is 1. The molecule has 4 rings (SSSR count). The van der Waals surface area contributed by atoms with Crippen LogP contribution in [0.15, 0.2) is 73.3 Å². The van der Waals surface area contributed by atoms with E-state index in [0.29, 0.717) is 5.56 Å². The number of carbonyl (C=O) groups excluding carboxylic acids is 1. The van der Waals surface area contributed by atoms with Crippen LogP contribution in [0.1, 0.15) is 22.2 Å². The van der Waals surface area contributed by atoms with Gasteiger partial charge in [0.15, 0.2) is 18.7 Å². The van der Waals surface area contributed by atoms with Gasteiger partial charge < -0.3 is 28.8 Å². The van der Waals surface area contributed by atoms with Crippen molar-refractivity contribution in [3.63, 3.8) is 0 Å². The molecule has 1 N–H and O–H groups in total. The molecule has 6 atom stereocenters. The van der Waals surface area contributed by atoms with Crippen molar-refractivity contribution in [2.24, 2.45) is 0 Å². The van der Waals surface area contributed by atoms with Gasteiger partial charge in [0.05, 0.1) is 18.8 Å². The van der Waals surface area contributed by atoms with Gasteiger partial charge in [-0.05, 0) is 12.1 Å². The fraction of sp³-hybridized carbons (Fsp3) is 0.348. The molecular weight excluding hydrogens is 388 g/mol. The van der Waals surface area contributed by atoms with Crippen LogP contribution in [0.4, 0.5) is 0 Å². The molecule has 7 heteroatoms. The number of rotatable bonds is 6. The zero-order valence-corrected chi connectivity index (χ0v) is 16.3. The highest BCUT2D eigenvalue weighted by molar-refractivity contribution is 5.89. The first kappa shape index (κ1) is 20.7. The smallest absolute Gasteiger partial charge is 0.338 e. The van der Waals surface area contributed by atoms with Crippen molar-refractivity contribution >= 4 is 5.97 Å². The van der Waals surface area contributed by atoms with E-state index in [1.54, 1.807) is 36.4 Å². The summed E-state index contributed by atoms with van der Waals surface area (Å²) < 4.78 is 28.9. The van der Waals surface area contributed by atoms with E-state index in [9.17, 15) is 9.90 Å². The lowest BCUT2D eigenvalue weighted by Gasteiger charge is -2.47. The molecule has 2 saturated heterocycles. The molecular formula is C23H24O7. The van der Waals surface area contributed by atoms with Gasteiger partial charge in [0.1, 0.15) is 18.3 Å². The van der Waals surface area contributed by atoms with Gasteiger partial charge in [-0.3, -0.25) is 0 Å². The maximum absolute atomic E-state index is 12.6. The Balaban J connectivity index is 1.52. The average molecular weight is 412 g/mol. The van der Waals surface area contributed by atoms with Crippen LogP contribution in [0.2, 0.25) is 0 Å². The summed E-state index contributed by atoms with van der Waals surface area (Å²) in [6.07, 6.45) is -3.64. The van der Waals surface area contributed by atoms with Crippen LogP contribution in [-0.2, 0) is 23.7 Å². The molecule has 2 aliphatic rings. The third-order valence-corrected chi connectivity index (χ3v) is 5.01. The number of esters is 1. The first-order valence-electron chi connectivity index (χ1n) is 9.81. The first-order valence-corrected chi connectivity index (χ1v) is 9.81. The standard InChI is InChI=1S/C23H24O7/c1-2-13-26-23-20(29-21(25)15-9-5-3-6-10-15)18(24)19-17(28-23)14-27-22(30-19)16-11-7-4-8-12-16/h2-12,17-20,22-24H,1,13-14H2/t17-,18+,19+,20-,22+,23-/m1/s1. The van der Waals surface area contributed by atoms with Gasteiger partial charge in [-0.1, -0.05) is 54.6 Å². The summed E-state index contributed by atoms with van der Waals surface area (Å²) in [5, 5.41) is 11.1. The van der Waals surface area contributed by atoms with Crippen LogP contribution in [0.5, 0.6) is 0 Å². The van der Waals surface area contributed by atoms with Gasteiger partial charge in [-0.25, -0.2) is 4.79 Å². The summed E-state index contributed by atoms with van der Waals surface area (Å²) in [4.78, 5) is 12.6. The average Bonchev–Trinajstić information content (AvgIpc) is 2.80. The molecule has 7 nitrogen and oxygen atoms in total. The van der Waals surface area contributed by atoms with Crippen molar-refractivity contribution in [1.29, 1.82) is 0 Å². The lowest BCUT2D eigenvalue weighted by Crippen LogP contribution is -2.63. The van der Waals surface area contributed by atoms with E-state index in [1.165, 1.54) is 0 Å². The summed E-state index contributed by atoms with van der Waals surface area (Å²) in [5.74, 6) is -0.583. The van der Waals surface area contributed by atoms with Gasteiger partial charge in [0.2, 0.25) is 0 Å². The Morgan fingerprint density at radius 2 is 1.80 bits per heavy atom. The van der Waals surface area contributed by atoms with Crippen LogP contribution in [0, 0.1) is 0 Å². The van der Waals surface area contributed by atoms with Crippen molar-refractivity contribution in [3.8, 4) is 0 Å². The Hall–Kier alpha value is -2.55. The van der Waals surface area contributed by atoms with E-state index in [1.807, 2.05) is 30.3 Å². The predicted octanol–water partition coefficient (Wildman–Crippen LogP) is 2.61. The number of carbonyl (C=O) groups is 1. The highest BCUT2D eigenvalue weighted by atomic mass is 16.8. The molecule has 0 unspecified atom stereocenters. The maximum atomic E-state index is 12.6. The summed E-state index contributed by atoms with van der Waals surface area (Å²) in [6, 6.07) is 18.0. The van der Waals surface area contributed by atoms with Crippen LogP contribution in [0.3, 0.4) is 0 Å². The molecule has 0 bridgehead atoms. The number of benzene rings is 2. The Labute approximate surface area is 174 Å². The number of aliphatic hydroxyl groups is 1. The maximum Gasteiger partial charge on any atom is 0.338 e. The molecule has 0 radical (unpaired) electrons. The fourth-order valence-electron chi connectivity index (χ4n) is 3.53. The first-order chi connectivity index (χ1) is 14.7. The van der Waals surface area contributed by atoms with E-state index in [2.05, 4.69) is 6.58 Å². The number of ether oxygens (including phenoxy) is 5. The van der Waals surface area contributed by atoms with Gasteiger partial charge in [-0.15, -0.1) is 6.58 Å². The summed E-state index contributed by atoms with van der Waals surface area (Å²) in [6.45, 7) is 3.99. The minimum Gasteiger partial charge on any atom is -0.450 e. The molecule has 30 heavy (non-hydrogen) atoms. The number of hydrogen-bond acceptors (Lipinski definition) is 7. The molecule has 0 spiro atoms. The van der Waals surface area contributed by atoms with E-state index in [0.717, 1.165) is 5.56 Å². The second-order valence-corrected chi connectivity index (χ2v) is 7.07. The highest BCUT2D eigenvalue weighted by Crippen LogP contribution is 2.35. The van der Waals surface area contributed by atoms with Crippen molar-refractivity contribution < 1.29 is 33.6 Å². The largest absolute Gasteiger partial charge is 0.450 e. The summed E-state index contributed by atoms with van der Waals surface area (Å²) in [7, 11) is 0. The van der Waals surface area contributed by atoms with Gasteiger partial charge >= 0.3 is 5.97 Å². The molecule has 2 aromatic carbocycles. The normalized spacial score (nSPS) is 30.8. The van der Waals surface area contributed by atoms with E-state index in [4.69, 9.17) is 23.7 Å². The predicted molar refractivity (Wildman–Crippen MR) is 106 cm³/mol. The molecule has 2 aliphatic heterocycles. The van der Waals surface area contributed by atoms with Crippen molar-refractivity contribution in [2.45, 2.75) is 37.0 Å². The third kappa shape index (κ3) is 4.45. The molecule has 158 valence electrons. The second-order valence-electron chi connectivity index (χ2n) is 7.07. The van der Waals surface area contributed by atoms with Crippen molar-refractivity contribution in [3.05, 3.63) is 84.4 Å². The Kier molecular flexibility index (Phi) is 6.56. The van der Waals surface area contributed by atoms with E-state index >= 15 is 0 Å². The minimum atomic E-state index is -1.17. The Morgan fingerprint density at radius 1 is 1.10 bits per heavy atom. The molecule has 0 aromatic heterocycles. The topological polar surface area (TPSA) is 83.5 Å². The number of hydrogen-bond donors (Lipinski definition) is 1. The molecule has 0 aliphatic carbocycles. The van der Waals surface area contributed by atoms with Crippen LogP contribution in [-0.4, -0.2) is 55.0 Å². The van der Waals surface area contributed by atoms with Gasteiger partial charge in [0, 0.05) is 5.56 Å². The minimum absolute atomic E-state index is 0.169. The lowest BCUT2D eigenvalue weighted by molar-refractivity contribution is -0.359. The zero-order chi connectivity index (χ0) is 20.9. The van der Waals surface area contributed by atoms with Gasteiger partial charge in [-0.2, -0.15) is 0 Å². The van der Waals surface area contributed by atoms with Crippen LogP contribution in [0.25, 0.3) is 0 Å². The van der Waals surface area contributed by atoms with E-state index in [-0.39, 0.29) is 13.2 Å². The monoisotopic (exact) mass is 412 g/mol. The lowest BCUT2D eigenvalue weighted by atomic mass is 9.97. The number of aliphatic hydroxyl groups excluding tert-OH is 1. The third-order valence-electron chi connectivity index (χ3n) is 5.01. The summed E-state index contributed by atoms with van der Waals surface area (Å²) >= 11 is 0. The SMILES string of the molecule is C=CCO[C@@H]1O[C@@H]2CO[C@H](c3ccccc3)O[C@@H]2[C@H](O)[C@H]1OC(=O)c1ccccc1. The molecule has 0 saturated carbocycles. The van der Waals surface area contributed by atoms with E-state index < -0.39 is 43.0 Å². The van der Waals surface area contributed by atoms with Crippen LogP contribution >= 0.6 is 0 Å². The molecule has 2 fully saturated rings. The summed E-state index contributed by atoms with van der Waals surface area (Å²) in [5.41, 5.74) is 1.19. The Morgan fingerprint density at radius 3 is 2.50 bits per heavy atom. The fourth-order valence-corrected chi connectivity index (χ4v) is 3.53. The van der Waals surface area contributed by atoms with Gasteiger partial charge in [0.25, 0.3) is 0 Å². The quantitative estimate of drug-likeness (QED) is 0.577. The molecule has 2 heterocycles. The zero-order valence-electron chi connectivity index (χ0n) is 16.3.